The van der Waals surface area contributed by atoms with Crippen molar-refractivity contribution in [2.75, 3.05) is 24.5 Å². The van der Waals surface area contributed by atoms with Crippen molar-refractivity contribution in [2.45, 2.75) is 52.1 Å². The molecule has 20 heavy (non-hydrogen) atoms. The fraction of sp³-hybridized carbons (Fsp3) is 0.733. The van der Waals surface area contributed by atoms with Crippen LogP contribution in [0.2, 0.25) is 5.15 Å². The highest BCUT2D eigenvalue weighted by Crippen LogP contribution is 2.30. The van der Waals surface area contributed by atoms with Crippen molar-refractivity contribution in [2.24, 2.45) is 0 Å². The number of hydrogen-bond acceptors (Lipinski definition) is 4. The highest BCUT2D eigenvalue weighted by molar-refractivity contribution is 6.30. The summed E-state index contributed by atoms with van der Waals surface area (Å²) in [7, 11) is 0. The fourth-order valence-electron chi connectivity index (χ4n) is 3.48. The van der Waals surface area contributed by atoms with Gasteiger partial charge in [-0.15, -0.1) is 10.2 Å². The molecule has 0 aromatic carbocycles. The lowest BCUT2D eigenvalue weighted by Gasteiger charge is -2.48. The van der Waals surface area contributed by atoms with E-state index in [1.807, 2.05) is 6.92 Å². The van der Waals surface area contributed by atoms with Gasteiger partial charge in [-0.3, -0.25) is 4.90 Å². The average molecular weight is 295 g/mol. The SMILES string of the molecule is Cc1c(Cl)nnc(N2CC3CCCCN3CC2C)c1C. The van der Waals surface area contributed by atoms with E-state index >= 15 is 0 Å². The molecule has 5 heteroatoms. The first kappa shape index (κ1) is 14.1. The van der Waals surface area contributed by atoms with Gasteiger partial charge < -0.3 is 4.90 Å². The standard InChI is InChI=1S/C15H23ClN4/c1-10-8-19-7-5-4-6-13(19)9-20(10)15-12(3)11(2)14(16)17-18-15/h10,13H,4-9H2,1-3H3. The number of rotatable bonds is 1. The first-order valence-electron chi connectivity index (χ1n) is 7.58. The molecule has 0 spiro atoms. The lowest BCUT2D eigenvalue weighted by molar-refractivity contribution is 0.115. The number of nitrogens with zero attached hydrogens (tertiary/aromatic N) is 4. The van der Waals surface area contributed by atoms with Crippen LogP contribution in [0.5, 0.6) is 0 Å². The van der Waals surface area contributed by atoms with Crippen molar-refractivity contribution >= 4 is 17.4 Å². The highest BCUT2D eigenvalue weighted by atomic mass is 35.5. The van der Waals surface area contributed by atoms with Crippen LogP contribution in [0.4, 0.5) is 5.82 Å². The summed E-state index contributed by atoms with van der Waals surface area (Å²) < 4.78 is 0. The Morgan fingerprint density at radius 2 is 1.90 bits per heavy atom. The molecule has 4 nitrogen and oxygen atoms in total. The maximum Gasteiger partial charge on any atom is 0.155 e. The molecule has 2 aliphatic heterocycles. The molecule has 0 amide bonds. The molecule has 0 N–H and O–H groups in total. The van der Waals surface area contributed by atoms with Crippen molar-refractivity contribution in [3.8, 4) is 0 Å². The van der Waals surface area contributed by atoms with E-state index in [1.165, 1.54) is 31.4 Å². The van der Waals surface area contributed by atoms with E-state index in [4.69, 9.17) is 11.6 Å². The third-order valence-corrected chi connectivity index (χ3v) is 5.26. The molecule has 2 saturated heterocycles. The second-order valence-corrected chi connectivity index (χ2v) is 6.57. The molecule has 110 valence electrons. The quantitative estimate of drug-likeness (QED) is 0.797. The van der Waals surface area contributed by atoms with Crippen LogP contribution in [-0.2, 0) is 0 Å². The minimum atomic E-state index is 0.484. The topological polar surface area (TPSA) is 32.3 Å². The lowest BCUT2D eigenvalue weighted by atomic mass is 9.96. The fourth-order valence-corrected chi connectivity index (χ4v) is 3.66. The van der Waals surface area contributed by atoms with Crippen LogP contribution in [0, 0.1) is 13.8 Å². The Morgan fingerprint density at radius 1 is 1.10 bits per heavy atom. The zero-order valence-corrected chi connectivity index (χ0v) is 13.3. The van der Waals surface area contributed by atoms with E-state index in [9.17, 15) is 0 Å². The molecular formula is C15H23ClN4. The smallest absolute Gasteiger partial charge is 0.155 e. The number of fused-ring (bicyclic) bond motifs is 1. The van der Waals surface area contributed by atoms with E-state index in [0.717, 1.165) is 24.5 Å². The van der Waals surface area contributed by atoms with E-state index in [-0.39, 0.29) is 0 Å². The Balaban J connectivity index is 1.88. The lowest BCUT2D eigenvalue weighted by Crippen LogP contribution is -2.59. The van der Waals surface area contributed by atoms with Crippen molar-refractivity contribution in [3.63, 3.8) is 0 Å². The van der Waals surface area contributed by atoms with Crippen LogP contribution < -0.4 is 4.90 Å². The summed E-state index contributed by atoms with van der Waals surface area (Å²) in [6, 6.07) is 1.16. The second kappa shape index (κ2) is 5.49. The Bertz CT molecular complexity index is 505. The average Bonchev–Trinajstić information content (AvgIpc) is 2.45. The summed E-state index contributed by atoms with van der Waals surface area (Å²) in [6.45, 7) is 9.87. The first-order valence-corrected chi connectivity index (χ1v) is 7.95. The maximum atomic E-state index is 6.07. The van der Waals surface area contributed by atoms with Crippen LogP contribution in [0.3, 0.4) is 0 Å². The van der Waals surface area contributed by atoms with Crippen LogP contribution in [0.25, 0.3) is 0 Å². The molecule has 3 rings (SSSR count). The number of piperidine rings is 1. The normalized spacial score (nSPS) is 27.5. The third kappa shape index (κ3) is 2.40. The van der Waals surface area contributed by atoms with Crippen LogP contribution in [0.1, 0.15) is 37.3 Å². The Kier molecular flexibility index (Phi) is 3.87. The molecule has 2 aliphatic rings. The van der Waals surface area contributed by atoms with Gasteiger partial charge in [0.2, 0.25) is 0 Å². The predicted octanol–water partition coefficient (Wildman–Crippen LogP) is 2.81. The molecule has 1 aromatic rings. The molecule has 0 aliphatic carbocycles. The number of halogens is 1. The van der Waals surface area contributed by atoms with Gasteiger partial charge in [0.1, 0.15) is 0 Å². The minimum Gasteiger partial charge on any atom is -0.349 e. The Morgan fingerprint density at radius 3 is 2.70 bits per heavy atom. The number of piperazine rings is 1. The maximum absolute atomic E-state index is 6.07. The Labute approximate surface area is 126 Å². The molecule has 2 atom stereocenters. The van der Waals surface area contributed by atoms with Gasteiger partial charge in [-0.2, -0.15) is 0 Å². The molecule has 2 unspecified atom stereocenters. The summed E-state index contributed by atoms with van der Waals surface area (Å²) in [5.74, 6) is 1.02. The molecular weight excluding hydrogens is 272 g/mol. The molecule has 1 aromatic heterocycles. The van der Waals surface area contributed by atoms with Gasteiger partial charge in [0.15, 0.2) is 11.0 Å². The molecule has 0 saturated carbocycles. The largest absolute Gasteiger partial charge is 0.349 e. The zero-order chi connectivity index (χ0) is 14.3. The van der Waals surface area contributed by atoms with Gasteiger partial charge in [-0.1, -0.05) is 18.0 Å². The van der Waals surface area contributed by atoms with E-state index < -0.39 is 0 Å². The third-order valence-electron chi connectivity index (χ3n) is 4.90. The van der Waals surface area contributed by atoms with Gasteiger partial charge in [-0.25, -0.2) is 0 Å². The van der Waals surface area contributed by atoms with E-state index in [2.05, 4.69) is 33.8 Å². The van der Waals surface area contributed by atoms with Crippen molar-refractivity contribution in [1.82, 2.24) is 15.1 Å². The Hall–Kier alpha value is -0.870. The summed E-state index contributed by atoms with van der Waals surface area (Å²) in [5.41, 5.74) is 2.22. The van der Waals surface area contributed by atoms with Crippen LogP contribution >= 0.6 is 11.6 Å². The second-order valence-electron chi connectivity index (χ2n) is 6.21. The first-order chi connectivity index (χ1) is 9.58. The molecule has 3 heterocycles. The summed E-state index contributed by atoms with van der Waals surface area (Å²) in [6.07, 6.45) is 4.01. The van der Waals surface area contributed by atoms with E-state index in [1.54, 1.807) is 0 Å². The molecule has 2 fully saturated rings. The van der Waals surface area contributed by atoms with Gasteiger partial charge >= 0.3 is 0 Å². The number of aromatic nitrogens is 2. The summed E-state index contributed by atoms with van der Waals surface area (Å²) in [5, 5.41) is 9.01. The van der Waals surface area contributed by atoms with Crippen LogP contribution in [0.15, 0.2) is 0 Å². The molecule has 0 bridgehead atoms. The number of hydrogen-bond donors (Lipinski definition) is 0. The van der Waals surface area contributed by atoms with Crippen molar-refractivity contribution in [1.29, 1.82) is 0 Å². The van der Waals surface area contributed by atoms with Gasteiger partial charge in [0.25, 0.3) is 0 Å². The minimum absolute atomic E-state index is 0.484. The zero-order valence-electron chi connectivity index (χ0n) is 12.6. The summed E-state index contributed by atoms with van der Waals surface area (Å²) >= 11 is 6.07. The van der Waals surface area contributed by atoms with Crippen molar-refractivity contribution in [3.05, 3.63) is 16.3 Å². The number of anilines is 1. The summed E-state index contributed by atoms with van der Waals surface area (Å²) in [4.78, 5) is 5.08. The predicted molar refractivity (Wildman–Crippen MR) is 82.5 cm³/mol. The molecule has 0 radical (unpaired) electrons. The highest BCUT2D eigenvalue weighted by Gasteiger charge is 2.34. The van der Waals surface area contributed by atoms with E-state index in [0.29, 0.717) is 17.2 Å². The monoisotopic (exact) mass is 294 g/mol. The van der Waals surface area contributed by atoms with Gasteiger partial charge in [0.05, 0.1) is 0 Å². The van der Waals surface area contributed by atoms with Crippen molar-refractivity contribution < 1.29 is 0 Å². The van der Waals surface area contributed by atoms with Crippen LogP contribution in [-0.4, -0.2) is 46.8 Å². The van der Waals surface area contributed by atoms with Gasteiger partial charge in [0, 0.05) is 25.2 Å². The van der Waals surface area contributed by atoms with Gasteiger partial charge in [-0.05, 0) is 51.3 Å².